The molecule has 1 nitrogen and oxygen atoms in total. The van der Waals surface area contributed by atoms with Crippen molar-refractivity contribution < 1.29 is 0 Å². The van der Waals surface area contributed by atoms with Crippen LogP contribution in [0.1, 0.15) is 16.7 Å². The van der Waals surface area contributed by atoms with E-state index in [0.29, 0.717) is 0 Å². The Balaban J connectivity index is 1.94. The van der Waals surface area contributed by atoms with Crippen LogP contribution in [0.5, 0.6) is 0 Å². The summed E-state index contributed by atoms with van der Waals surface area (Å²) in [5.41, 5.74) is 13.4. The van der Waals surface area contributed by atoms with Gasteiger partial charge in [-0.1, -0.05) is 78.9 Å². The van der Waals surface area contributed by atoms with Gasteiger partial charge in [0.1, 0.15) is 0 Å². The van der Waals surface area contributed by atoms with Crippen molar-refractivity contribution in [2.75, 3.05) is 5.73 Å². The molecule has 0 aromatic heterocycles. The van der Waals surface area contributed by atoms with Crippen molar-refractivity contribution in [3.8, 4) is 11.1 Å². The summed E-state index contributed by atoms with van der Waals surface area (Å²) in [6, 6.07) is 29.7. The summed E-state index contributed by atoms with van der Waals surface area (Å²) in [5.74, 6) is 0. The summed E-state index contributed by atoms with van der Waals surface area (Å²) >= 11 is 0. The Kier molecular flexibility index (Phi) is 3.99. The minimum Gasteiger partial charge on any atom is -0.398 e. The number of para-hydroxylation sites is 1. The zero-order chi connectivity index (χ0) is 17.2. The third-order valence-corrected chi connectivity index (χ3v) is 4.88. The number of benzene rings is 4. The highest BCUT2D eigenvalue weighted by Crippen LogP contribution is 2.35. The largest absolute Gasteiger partial charge is 0.398 e. The van der Waals surface area contributed by atoms with Crippen LogP contribution in [-0.4, -0.2) is 0 Å². The summed E-state index contributed by atoms with van der Waals surface area (Å²) in [6.45, 7) is 2.18. The van der Waals surface area contributed by atoms with E-state index in [0.717, 1.165) is 17.7 Å². The van der Waals surface area contributed by atoms with Crippen LogP contribution in [0.2, 0.25) is 0 Å². The van der Waals surface area contributed by atoms with E-state index >= 15 is 0 Å². The van der Waals surface area contributed by atoms with Gasteiger partial charge < -0.3 is 5.73 Å². The Morgan fingerprint density at radius 3 is 2.08 bits per heavy atom. The van der Waals surface area contributed by atoms with Gasteiger partial charge in [0.2, 0.25) is 0 Å². The van der Waals surface area contributed by atoms with Crippen molar-refractivity contribution in [2.45, 2.75) is 13.3 Å². The number of nitrogen functional groups attached to an aromatic ring is 1. The van der Waals surface area contributed by atoms with Crippen LogP contribution < -0.4 is 5.73 Å². The molecule has 25 heavy (non-hydrogen) atoms. The van der Waals surface area contributed by atoms with Crippen LogP contribution in [0.15, 0.2) is 84.9 Å². The summed E-state index contributed by atoms with van der Waals surface area (Å²) in [7, 11) is 0. The van der Waals surface area contributed by atoms with E-state index in [1.165, 1.54) is 33.0 Å². The third-order valence-electron chi connectivity index (χ3n) is 4.88. The van der Waals surface area contributed by atoms with Gasteiger partial charge in [-0.2, -0.15) is 0 Å². The fourth-order valence-electron chi connectivity index (χ4n) is 3.55. The maximum Gasteiger partial charge on any atom is 0.0393 e. The quantitative estimate of drug-likeness (QED) is 0.461. The number of hydrogen-bond donors (Lipinski definition) is 1. The molecule has 0 unspecified atom stereocenters. The van der Waals surface area contributed by atoms with Crippen LogP contribution in [0.3, 0.4) is 0 Å². The first-order valence-electron chi connectivity index (χ1n) is 8.64. The highest BCUT2D eigenvalue weighted by atomic mass is 14.6. The van der Waals surface area contributed by atoms with Gasteiger partial charge in [0, 0.05) is 11.3 Å². The lowest BCUT2D eigenvalue weighted by atomic mass is 9.90. The standard InChI is InChI=1S/C24H21N/c1-17-8-2-3-9-19(17)16-20-12-6-10-18-11-7-14-22(24(18)20)21-13-4-5-15-23(21)25/h2-15H,16,25H2,1H3. The predicted octanol–water partition coefficient (Wildman–Crippen LogP) is 5.99. The summed E-state index contributed by atoms with van der Waals surface area (Å²) < 4.78 is 0. The molecule has 0 aliphatic rings. The molecule has 0 saturated heterocycles. The number of fused-ring (bicyclic) bond motifs is 1. The molecule has 0 aliphatic heterocycles. The van der Waals surface area contributed by atoms with Gasteiger partial charge >= 0.3 is 0 Å². The van der Waals surface area contributed by atoms with Crippen molar-refractivity contribution in [1.29, 1.82) is 0 Å². The molecule has 4 aromatic rings. The maximum atomic E-state index is 6.27. The van der Waals surface area contributed by atoms with E-state index in [9.17, 15) is 0 Å². The van der Waals surface area contributed by atoms with E-state index in [4.69, 9.17) is 5.73 Å². The Morgan fingerprint density at radius 1 is 0.640 bits per heavy atom. The highest BCUT2D eigenvalue weighted by molar-refractivity contribution is 6.01. The normalized spacial score (nSPS) is 10.9. The molecule has 4 rings (SSSR count). The average Bonchev–Trinajstić information content (AvgIpc) is 2.64. The van der Waals surface area contributed by atoms with E-state index in [1.807, 2.05) is 12.1 Å². The molecule has 0 spiro atoms. The smallest absolute Gasteiger partial charge is 0.0393 e. The molecular weight excluding hydrogens is 302 g/mol. The van der Waals surface area contributed by atoms with E-state index in [-0.39, 0.29) is 0 Å². The lowest BCUT2D eigenvalue weighted by molar-refractivity contribution is 1.17. The molecule has 0 radical (unpaired) electrons. The van der Waals surface area contributed by atoms with Crippen molar-refractivity contribution in [2.24, 2.45) is 0 Å². The van der Waals surface area contributed by atoms with Crippen LogP contribution in [-0.2, 0) is 6.42 Å². The number of anilines is 1. The Hall–Kier alpha value is -3.06. The van der Waals surface area contributed by atoms with Crippen LogP contribution >= 0.6 is 0 Å². The molecule has 2 N–H and O–H groups in total. The minimum absolute atomic E-state index is 0.820. The van der Waals surface area contributed by atoms with Gasteiger partial charge in [-0.3, -0.25) is 0 Å². The molecule has 0 heterocycles. The topological polar surface area (TPSA) is 26.0 Å². The van der Waals surface area contributed by atoms with Gasteiger partial charge in [0.05, 0.1) is 0 Å². The molecule has 0 bridgehead atoms. The van der Waals surface area contributed by atoms with Crippen LogP contribution in [0.4, 0.5) is 5.69 Å². The lowest BCUT2D eigenvalue weighted by Gasteiger charge is -2.14. The first-order valence-corrected chi connectivity index (χ1v) is 8.64. The molecule has 1 heteroatoms. The van der Waals surface area contributed by atoms with Crippen molar-refractivity contribution in [1.82, 2.24) is 0 Å². The van der Waals surface area contributed by atoms with Gasteiger partial charge in [-0.05, 0) is 52.4 Å². The first-order chi connectivity index (χ1) is 12.2. The van der Waals surface area contributed by atoms with Gasteiger partial charge in [0.25, 0.3) is 0 Å². The maximum absolute atomic E-state index is 6.27. The SMILES string of the molecule is Cc1ccccc1Cc1cccc2cccc(-c3ccccc3N)c12. The molecule has 122 valence electrons. The number of nitrogens with two attached hydrogens (primary N) is 1. The second-order valence-electron chi connectivity index (χ2n) is 6.51. The summed E-state index contributed by atoms with van der Waals surface area (Å²) in [4.78, 5) is 0. The minimum atomic E-state index is 0.820. The molecule has 0 aliphatic carbocycles. The Labute approximate surface area is 148 Å². The van der Waals surface area contributed by atoms with Gasteiger partial charge in [-0.25, -0.2) is 0 Å². The average molecular weight is 323 g/mol. The van der Waals surface area contributed by atoms with Gasteiger partial charge in [-0.15, -0.1) is 0 Å². The number of rotatable bonds is 3. The fraction of sp³-hybridized carbons (Fsp3) is 0.0833. The van der Waals surface area contributed by atoms with Crippen LogP contribution in [0.25, 0.3) is 21.9 Å². The second kappa shape index (κ2) is 6.45. The summed E-state index contributed by atoms with van der Waals surface area (Å²) in [5, 5.41) is 2.55. The van der Waals surface area contributed by atoms with Crippen molar-refractivity contribution in [3.63, 3.8) is 0 Å². The molecular formula is C24H21N. The third kappa shape index (κ3) is 2.89. The fourth-order valence-corrected chi connectivity index (χ4v) is 3.55. The predicted molar refractivity (Wildman–Crippen MR) is 108 cm³/mol. The Morgan fingerprint density at radius 2 is 1.28 bits per heavy atom. The van der Waals surface area contributed by atoms with E-state index < -0.39 is 0 Å². The monoisotopic (exact) mass is 323 g/mol. The lowest BCUT2D eigenvalue weighted by Crippen LogP contribution is -1.96. The van der Waals surface area contributed by atoms with Crippen molar-refractivity contribution >= 4 is 16.5 Å². The molecule has 0 atom stereocenters. The zero-order valence-electron chi connectivity index (χ0n) is 14.4. The van der Waals surface area contributed by atoms with E-state index in [1.54, 1.807) is 0 Å². The number of hydrogen-bond acceptors (Lipinski definition) is 1. The molecule has 0 amide bonds. The molecule has 0 fully saturated rings. The second-order valence-corrected chi connectivity index (χ2v) is 6.51. The van der Waals surface area contributed by atoms with Crippen LogP contribution in [0, 0.1) is 6.92 Å². The molecule has 0 saturated carbocycles. The van der Waals surface area contributed by atoms with Gasteiger partial charge in [0.15, 0.2) is 0 Å². The Bertz CT molecular complexity index is 1040. The summed E-state index contributed by atoms with van der Waals surface area (Å²) in [6.07, 6.45) is 0.924. The highest BCUT2D eigenvalue weighted by Gasteiger charge is 2.11. The zero-order valence-corrected chi connectivity index (χ0v) is 14.4. The first kappa shape index (κ1) is 15.5. The van der Waals surface area contributed by atoms with E-state index in [2.05, 4.69) is 79.7 Å². The number of aryl methyl sites for hydroxylation is 1. The van der Waals surface area contributed by atoms with Crippen molar-refractivity contribution in [3.05, 3.63) is 102 Å². The molecule has 4 aromatic carbocycles.